The lowest BCUT2D eigenvalue weighted by Gasteiger charge is -2.36. The van der Waals surface area contributed by atoms with Crippen LogP contribution in [0.5, 0.6) is 0 Å². The molecule has 0 radical (unpaired) electrons. The maximum atomic E-state index is 12.6. The highest BCUT2D eigenvalue weighted by Gasteiger charge is 2.29. The predicted octanol–water partition coefficient (Wildman–Crippen LogP) is 5.79. The van der Waals surface area contributed by atoms with Crippen molar-refractivity contribution in [3.8, 4) is 0 Å². The quantitative estimate of drug-likeness (QED) is 0.432. The van der Waals surface area contributed by atoms with Crippen molar-refractivity contribution < 1.29 is 4.79 Å². The molecule has 4 rings (SSSR count). The van der Waals surface area contributed by atoms with Crippen molar-refractivity contribution in [1.82, 2.24) is 15.1 Å². The number of amides is 2. The Balaban J connectivity index is 1.31. The normalized spacial score (nSPS) is 20.1. The molecule has 2 amide bonds. The number of carbonyl (C=O) groups is 1. The summed E-state index contributed by atoms with van der Waals surface area (Å²) in [7, 11) is 2.28. The largest absolute Gasteiger partial charge is 0.336 e. The average Bonchev–Trinajstić information content (AvgIpc) is 3.33. The summed E-state index contributed by atoms with van der Waals surface area (Å²) in [6.07, 6.45) is 11.6. The van der Waals surface area contributed by atoms with Crippen molar-refractivity contribution >= 4 is 11.7 Å². The minimum absolute atomic E-state index is 0.108. The number of hydrogen-bond donors (Lipinski definition) is 2. The van der Waals surface area contributed by atoms with Crippen LogP contribution in [0.25, 0.3) is 0 Å². The number of benzene rings is 2. The van der Waals surface area contributed by atoms with Crippen LogP contribution in [0, 0.1) is 5.92 Å². The average molecular weight is 477 g/mol. The summed E-state index contributed by atoms with van der Waals surface area (Å²) in [5, 5.41) is 6.15. The van der Waals surface area contributed by atoms with Gasteiger partial charge in [-0.05, 0) is 62.9 Å². The summed E-state index contributed by atoms with van der Waals surface area (Å²) in [6.45, 7) is 4.11. The van der Waals surface area contributed by atoms with Gasteiger partial charge in [0.2, 0.25) is 0 Å². The molecule has 0 spiro atoms. The minimum atomic E-state index is -0.108. The van der Waals surface area contributed by atoms with Crippen molar-refractivity contribution in [1.29, 1.82) is 0 Å². The van der Waals surface area contributed by atoms with Gasteiger partial charge >= 0.3 is 6.03 Å². The number of carbonyl (C=O) groups excluding carboxylic acids is 1. The summed E-state index contributed by atoms with van der Waals surface area (Å²) in [6, 6.07) is 21.4. The van der Waals surface area contributed by atoms with E-state index in [-0.39, 0.29) is 6.03 Å². The van der Waals surface area contributed by atoms with E-state index in [1.807, 2.05) is 30.3 Å². The highest BCUT2D eigenvalue weighted by molar-refractivity contribution is 5.89. The first kappa shape index (κ1) is 25.7. The summed E-state index contributed by atoms with van der Waals surface area (Å²) < 4.78 is 0. The summed E-state index contributed by atoms with van der Waals surface area (Å²) in [4.78, 5) is 17.8. The molecule has 2 N–H and O–H groups in total. The van der Waals surface area contributed by atoms with Crippen LogP contribution in [0.4, 0.5) is 10.5 Å². The fourth-order valence-corrected chi connectivity index (χ4v) is 5.93. The van der Waals surface area contributed by atoms with Crippen LogP contribution in [0.15, 0.2) is 60.7 Å². The van der Waals surface area contributed by atoms with E-state index in [4.69, 9.17) is 0 Å². The van der Waals surface area contributed by atoms with E-state index in [0.29, 0.717) is 18.6 Å². The van der Waals surface area contributed by atoms with Crippen LogP contribution in [-0.2, 0) is 6.42 Å². The third kappa shape index (κ3) is 8.36. The van der Waals surface area contributed by atoms with E-state index in [1.165, 1.54) is 63.5 Å². The third-order valence-electron chi connectivity index (χ3n) is 8.01. The molecule has 1 aliphatic heterocycles. The predicted molar refractivity (Wildman–Crippen MR) is 146 cm³/mol. The zero-order chi connectivity index (χ0) is 24.3. The first-order valence-electron chi connectivity index (χ1n) is 13.8. The first-order valence-corrected chi connectivity index (χ1v) is 13.8. The maximum Gasteiger partial charge on any atom is 0.319 e. The Morgan fingerprint density at radius 2 is 1.69 bits per heavy atom. The van der Waals surface area contributed by atoms with Crippen LogP contribution in [-0.4, -0.2) is 61.1 Å². The minimum Gasteiger partial charge on any atom is -0.336 e. The first-order chi connectivity index (χ1) is 17.2. The number of rotatable bonds is 11. The number of nitrogens with zero attached hydrogens (tertiary/aromatic N) is 2. The van der Waals surface area contributed by atoms with Gasteiger partial charge in [-0.15, -0.1) is 0 Å². The number of nitrogens with one attached hydrogen (secondary N) is 2. The molecule has 5 heteroatoms. The second-order valence-corrected chi connectivity index (χ2v) is 10.6. The maximum absolute atomic E-state index is 12.6. The van der Waals surface area contributed by atoms with Crippen molar-refractivity contribution in [3.05, 3.63) is 66.2 Å². The molecular weight excluding hydrogens is 432 g/mol. The van der Waals surface area contributed by atoms with E-state index >= 15 is 0 Å². The zero-order valence-electron chi connectivity index (χ0n) is 21.5. The van der Waals surface area contributed by atoms with Gasteiger partial charge in [0.15, 0.2) is 0 Å². The Bertz CT molecular complexity index is 868. The van der Waals surface area contributed by atoms with Crippen LogP contribution in [0.3, 0.4) is 0 Å². The van der Waals surface area contributed by atoms with Crippen molar-refractivity contribution in [2.45, 2.75) is 69.9 Å². The van der Waals surface area contributed by atoms with Gasteiger partial charge in [0.05, 0.1) is 0 Å². The Kier molecular flexibility index (Phi) is 10.0. The molecule has 0 unspecified atom stereocenters. The van der Waals surface area contributed by atoms with Crippen molar-refractivity contribution in [3.63, 3.8) is 0 Å². The fraction of sp³-hybridized carbons (Fsp3) is 0.567. The molecule has 2 aromatic rings. The van der Waals surface area contributed by atoms with Gasteiger partial charge in [-0.3, -0.25) is 4.90 Å². The van der Waals surface area contributed by atoms with Crippen molar-refractivity contribution in [2.75, 3.05) is 38.5 Å². The molecule has 1 aliphatic carbocycles. The van der Waals surface area contributed by atoms with Crippen LogP contribution >= 0.6 is 0 Å². The van der Waals surface area contributed by atoms with Gasteiger partial charge in [0, 0.05) is 37.4 Å². The molecule has 2 fully saturated rings. The topological polar surface area (TPSA) is 47.6 Å². The van der Waals surface area contributed by atoms with Crippen LogP contribution < -0.4 is 10.6 Å². The van der Waals surface area contributed by atoms with Crippen LogP contribution in [0.2, 0.25) is 0 Å². The highest BCUT2D eigenvalue weighted by Crippen LogP contribution is 2.29. The van der Waals surface area contributed by atoms with Gasteiger partial charge in [-0.2, -0.15) is 0 Å². The molecule has 2 aliphatic rings. The lowest BCUT2D eigenvalue weighted by molar-refractivity contribution is 0.136. The molecule has 0 aromatic heterocycles. The summed E-state index contributed by atoms with van der Waals surface area (Å²) in [5.41, 5.74) is 2.26. The van der Waals surface area contributed by atoms with E-state index in [0.717, 1.165) is 31.1 Å². The summed E-state index contributed by atoms with van der Waals surface area (Å²) in [5.74, 6) is 0.785. The number of para-hydroxylation sites is 1. The highest BCUT2D eigenvalue weighted by atomic mass is 16.2. The van der Waals surface area contributed by atoms with Crippen molar-refractivity contribution in [2.24, 2.45) is 5.92 Å². The zero-order valence-corrected chi connectivity index (χ0v) is 21.5. The van der Waals surface area contributed by atoms with E-state index < -0.39 is 0 Å². The molecule has 1 heterocycles. The second-order valence-electron chi connectivity index (χ2n) is 10.6. The smallest absolute Gasteiger partial charge is 0.319 e. The molecule has 2 atom stereocenters. The molecule has 1 saturated carbocycles. The Labute approximate surface area is 212 Å². The fourth-order valence-electron chi connectivity index (χ4n) is 5.93. The Morgan fingerprint density at radius 1 is 0.971 bits per heavy atom. The van der Waals surface area contributed by atoms with E-state index in [9.17, 15) is 4.79 Å². The molecule has 35 heavy (non-hydrogen) atoms. The lowest BCUT2D eigenvalue weighted by Crippen LogP contribution is -2.48. The van der Waals surface area contributed by atoms with E-state index in [2.05, 4.69) is 57.8 Å². The van der Waals surface area contributed by atoms with Gasteiger partial charge in [-0.25, -0.2) is 4.79 Å². The number of hydrogen-bond acceptors (Lipinski definition) is 3. The number of likely N-dealkylation sites (N-methyl/N-ethyl adjacent to an activating group) is 1. The molecule has 0 bridgehead atoms. The van der Waals surface area contributed by atoms with Gasteiger partial charge in [0.1, 0.15) is 0 Å². The summed E-state index contributed by atoms with van der Waals surface area (Å²) >= 11 is 0. The number of likely N-dealkylation sites (tertiary alicyclic amines) is 1. The lowest BCUT2D eigenvalue weighted by atomic mass is 9.84. The molecule has 2 aromatic carbocycles. The Morgan fingerprint density at radius 3 is 2.43 bits per heavy atom. The van der Waals surface area contributed by atoms with Gasteiger partial charge in [-0.1, -0.05) is 80.6 Å². The van der Waals surface area contributed by atoms with Gasteiger partial charge in [0.25, 0.3) is 0 Å². The molecule has 190 valence electrons. The van der Waals surface area contributed by atoms with Gasteiger partial charge < -0.3 is 15.5 Å². The van der Waals surface area contributed by atoms with Crippen LogP contribution in [0.1, 0.15) is 56.9 Å². The Hall–Kier alpha value is -2.37. The standard InChI is InChI=1S/C30H44N4O/c1-33(24-28-18-11-20-34(28)21-19-25-12-5-2-6-13-25)29(22-26-14-7-3-8-15-26)23-31-30(35)32-27-16-9-4-10-17-27/h2,4-6,9-10,12-13,16-17,26,28-29H,3,7-8,11,14-15,18-24H2,1H3,(H2,31,32,35)/t28-,29+/m0/s1. The molecule has 1 saturated heterocycles. The SMILES string of the molecule is CN(C[C@@H]1CCCN1CCc1ccccc1)[C@@H](CNC(=O)Nc1ccccc1)CC1CCCCC1. The van der Waals surface area contributed by atoms with E-state index in [1.54, 1.807) is 0 Å². The number of urea groups is 1. The number of anilines is 1. The third-order valence-corrected chi connectivity index (χ3v) is 8.01. The second kappa shape index (κ2) is 13.6. The monoisotopic (exact) mass is 476 g/mol. The molecular formula is C30H44N4O. The molecule has 5 nitrogen and oxygen atoms in total.